The van der Waals surface area contributed by atoms with Gasteiger partial charge in [0.15, 0.2) is 5.78 Å². The van der Waals surface area contributed by atoms with Crippen LogP contribution >= 0.6 is 0 Å². The van der Waals surface area contributed by atoms with E-state index in [0.29, 0.717) is 5.92 Å². The van der Waals surface area contributed by atoms with E-state index in [1.54, 1.807) is 6.92 Å². The van der Waals surface area contributed by atoms with Crippen molar-refractivity contribution in [3.05, 3.63) is 0 Å². The molecule has 58 valence electrons. The van der Waals surface area contributed by atoms with Crippen LogP contribution in [0.2, 0.25) is 0 Å². The van der Waals surface area contributed by atoms with Crippen molar-refractivity contribution in [1.82, 2.24) is 0 Å². The minimum Gasteiger partial charge on any atom is -0.322 e. The molecule has 0 amide bonds. The second kappa shape index (κ2) is 3.15. The molecule has 0 saturated heterocycles. The van der Waals surface area contributed by atoms with E-state index in [1.807, 2.05) is 0 Å². The highest BCUT2D eigenvalue weighted by Crippen LogP contribution is 2.25. The molecule has 0 radical (unpaired) electrons. The topological polar surface area (TPSA) is 43.1 Å². The minimum atomic E-state index is -0.247. The lowest BCUT2D eigenvalue weighted by molar-refractivity contribution is -0.123. The molecule has 1 aliphatic rings. The van der Waals surface area contributed by atoms with Gasteiger partial charge in [0, 0.05) is 5.92 Å². The summed E-state index contributed by atoms with van der Waals surface area (Å²) in [6, 6.07) is -0.247. The third-order valence-electron chi connectivity index (χ3n) is 2.21. The lowest BCUT2D eigenvalue weighted by Crippen LogP contribution is -2.31. The highest BCUT2D eigenvalue weighted by atomic mass is 16.1. The van der Waals surface area contributed by atoms with Gasteiger partial charge in [-0.05, 0) is 19.8 Å². The number of Topliss-reactive ketones (excluding diaryl/α,β-unsaturated/α-hetero) is 1. The van der Waals surface area contributed by atoms with E-state index in [0.717, 1.165) is 12.8 Å². The third-order valence-corrected chi connectivity index (χ3v) is 2.21. The molecule has 1 fully saturated rings. The van der Waals surface area contributed by atoms with Crippen LogP contribution in [0.5, 0.6) is 0 Å². The van der Waals surface area contributed by atoms with Crippen molar-refractivity contribution in [2.24, 2.45) is 11.7 Å². The molecule has 1 rings (SSSR count). The summed E-state index contributed by atoms with van der Waals surface area (Å²) < 4.78 is 0. The van der Waals surface area contributed by atoms with Crippen LogP contribution < -0.4 is 5.73 Å². The van der Waals surface area contributed by atoms with Gasteiger partial charge in [0.1, 0.15) is 0 Å². The first-order valence-corrected chi connectivity index (χ1v) is 4.01. The van der Waals surface area contributed by atoms with E-state index in [1.165, 1.54) is 12.8 Å². The van der Waals surface area contributed by atoms with Crippen molar-refractivity contribution < 1.29 is 4.79 Å². The summed E-state index contributed by atoms with van der Waals surface area (Å²) in [4.78, 5) is 11.2. The molecule has 0 aromatic heterocycles. The zero-order chi connectivity index (χ0) is 7.56. The normalized spacial score (nSPS) is 23.0. The highest BCUT2D eigenvalue weighted by Gasteiger charge is 2.24. The fourth-order valence-corrected chi connectivity index (χ4v) is 1.58. The maximum absolute atomic E-state index is 11.2. The van der Waals surface area contributed by atoms with Crippen molar-refractivity contribution in [3.8, 4) is 0 Å². The van der Waals surface area contributed by atoms with Crippen LogP contribution in [0.15, 0.2) is 0 Å². The van der Waals surface area contributed by atoms with Crippen molar-refractivity contribution >= 4 is 5.78 Å². The fraction of sp³-hybridized carbons (Fsp3) is 0.875. The van der Waals surface area contributed by atoms with Gasteiger partial charge < -0.3 is 5.73 Å². The first kappa shape index (κ1) is 7.73. The van der Waals surface area contributed by atoms with Crippen molar-refractivity contribution in [2.75, 3.05) is 0 Å². The van der Waals surface area contributed by atoms with E-state index in [-0.39, 0.29) is 11.8 Å². The number of nitrogens with two attached hydrogens (primary N) is 1. The number of rotatable bonds is 2. The van der Waals surface area contributed by atoms with Crippen molar-refractivity contribution in [3.63, 3.8) is 0 Å². The smallest absolute Gasteiger partial charge is 0.152 e. The summed E-state index contributed by atoms with van der Waals surface area (Å²) >= 11 is 0. The summed E-state index contributed by atoms with van der Waals surface area (Å²) in [6.45, 7) is 1.78. The molecule has 0 spiro atoms. The van der Waals surface area contributed by atoms with Crippen LogP contribution in [0.4, 0.5) is 0 Å². The average Bonchev–Trinajstić information content (AvgIpc) is 2.36. The SMILES string of the molecule is C[C@@H](N)C(=O)C1CCCC1. The first-order chi connectivity index (χ1) is 4.72. The van der Waals surface area contributed by atoms with Gasteiger partial charge in [0.2, 0.25) is 0 Å². The third kappa shape index (κ3) is 1.57. The molecular weight excluding hydrogens is 126 g/mol. The lowest BCUT2D eigenvalue weighted by Gasteiger charge is -2.09. The van der Waals surface area contributed by atoms with Crippen LogP contribution in [0.25, 0.3) is 0 Å². The Bertz CT molecular complexity index is 125. The van der Waals surface area contributed by atoms with Gasteiger partial charge in [0.05, 0.1) is 6.04 Å². The molecule has 1 aliphatic carbocycles. The maximum Gasteiger partial charge on any atom is 0.152 e. The molecule has 0 heterocycles. The van der Waals surface area contributed by atoms with Gasteiger partial charge in [-0.2, -0.15) is 0 Å². The number of hydrogen-bond donors (Lipinski definition) is 1. The van der Waals surface area contributed by atoms with Crippen molar-refractivity contribution in [1.29, 1.82) is 0 Å². The van der Waals surface area contributed by atoms with E-state index in [4.69, 9.17) is 5.73 Å². The molecule has 10 heavy (non-hydrogen) atoms. The van der Waals surface area contributed by atoms with Crippen LogP contribution in [-0.4, -0.2) is 11.8 Å². The molecule has 0 aromatic rings. The predicted molar refractivity (Wildman–Crippen MR) is 40.6 cm³/mol. The molecule has 2 heteroatoms. The number of carbonyl (C=O) groups is 1. The Hall–Kier alpha value is -0.370. The Labute approximate surface area is 61.8 Å². The van der Waals surface area contributed by atoms with Gasteiger partial charge in [-0.15, -0.1) is 0 Å². The van der Waals surface area contributed by atoms with Crippen molar-refractivity contribution in [2.45, 2.75) is 38.6 Å². The highest BCUT2D eigenvalue weighted by molar-refractivity contribution is 5.85. The Kier molecular flexibility index (Phi) is 2.44. The van der Waals surface area contributed by atoms with Crippen LogP contribution in [0.1, 0.15) is 32.6 Å². The summed E-state index contributed by atoms with van der Waals surface area (Å²) in [5, 5.41) is 0. The predicted octanol–water partition coefficient (Wildman–Crippen LogP) is 1.09. The van der Waals surface area contributed by atoms with Crippen LogP contribution in [0.3, 0.4) is 0 Å². The second-order valence-electron chi connectivity index (χ2n) is 3.17. The molecular formula is C8H15NO. The molecule has 2 N–H and O–H groups in total. The Morgan fingerprint density at radius 1 is 1.50 bits per heavy atom. The standard InChI is InChI=1S/C8H15NO/c1-6(9)8(10)7-4-2-3-5-7/h6-7H,2-5,9H2,1H3/t6-/m1/s1. The molecule has 0 unspecified atom stereocenters. The molecule has 1 saturated carbocycles. The summed E-state index contributed by atoms with van der Waals surface area (Å²) in [6.07, 6.45) is 4.56. The van der Waals surface area contributed by atoms with E-state index < -0.39 is 0 Å². The summed E-state index contributed by atoms with van der Waals surface area (Å²) in [5.41, 5.74) is 5.47. The average molecular weight is 141 g/mol. The number of hydrogen-bond acceptors (Lipinski definition) is 2. The monoisotopic (exact) mass is 141 g/mol. The fourth-order valence-electron chi connectivity index (χ4n) is 1.58. The van der Waals surface area contributed by atoms with Gasteiger partial charge in [-0.1, -0.05) is 12.8 Å². The van der Waals surface area contributed by atoms with Gasteiger partial charge in [0.25, 0.3) is 0 Å². The zero-order valence-corrected chi connectivity index (χ0v) is 6.47. The minimum absolute atomic E-state index is 0.247. The summed E-state index contributed by atoms with van der Waals surface area (Å²) in [5.74, 6) is 0.553. The van der Waals surface area contributed by atoms with E-state index in [9.17, 15) is 4.79 Å². The molecule has 2 nitrogen and oxygen atoms in total. The molecule has 0 aromatic carbocycles. The van der Waals surface area contributed by atoms with Gasteiger partial charge >= 0.3 is 0 Å². The first-order valence-electron chi connectivity index (χ1n) is 4.01. The maximum atomic E-state index is 11.2. The second-order valence-corrected chi connectivity index (χ2v) is 3.17. The quantitative estimate of drug-likeness (QED) is 0.625. The van der Waals surface area contributed by atoms with Crippen LogP contribution in [-0.2, 0) is 4.79 Å². The Morgan fingerprint density at radius 2 is 2.00 bits per heavy atom. The molecule has 0 bridgehead atoms. The van der Waals surface area contributed by atoms with Crippen LogP contribution in [0, 0.1) is 5.92 Å². The van der Waals surface area contributed by atoms with Gasteiger partial charge in [-0.3, -0.25) is 4.79 Å². The largest absolute Gasteiger partial charge is 0.322 e. The Balaban J connectivity index is 2.40. The number of carbonyl (C=O) groups excluding carboxylic acids is 1. The van der Waals surface area contributed by atoms with Gasteiger partial charge in [-0.25, -0.2) is 0 Å². The van der Waals surface area contributed by atoms with E-state index in [2.05, 4.69) is 0 Å². The summed E-state index contributed by atoms with van der Waals surface area (Å²) in [7, 11) is 0. The molecule has 0 aliphatic heterocycles. The number of ketones is 1. The Morgan fingerprint density at radius 3 is 2.40 bits per heavy atom. The lowest BCUT2D eigenvalue weighted by atomic mass is 9.98. The van der Waals surface area contributed by atoms with E-state index >= 15 is 0 Å². The zero-order valence-electron chi connectivity index (χ0n) is 6.47. The molecule has 1 atom stereocenters.